The van der Waals surface area contributed by atoms with E-state index >= 15 is 0 Å². The molecule has 0 saturated carbocycles. The molecule has 216 valence electrons. The maximum absolute atomic E-state index is 4.67. The number of hydrogen-bond acceptors (Lipinski definition) is 2. The summed E-state index contributed by atoms with van der Waals surface area (Å²) in [5.74, 6) is 1.66. The summed E-state index contributed by atoms with van der Waals surface area (Å²) in [6, 6.07) is 21.0. The third-order valence-electron chi connectivity index (χ3n) is 6.33. The number of benzene rings is 2. The molecule has 2 heterocycles. The average molecular weight is 628 g/mol. The molecule has 0 bridgehead atoms. The molecule has 0 amide bonds. The second-order valence-electron chi connectivity index (χ2n) is 10.1. The molecule has 0 unspecified atom stereocenters. The van der Waals surface area contributed by atoms with Crippen molar-refractivity contribution in [3.8, 4) is 22.5 Å². The molecule has 5 heteroatoms. The third-order valence-corrected chi connectivity index (χ3v) is 6.33. The Balaban J connectivity index is 0.000000727. The van der Waals surface area contributed by atoms with E-state index in [1.165, 1.54) is 44.5 Å². The van der Waals surface area contributed by atoms with E-state index in [1.807, 2.05) is 24.3 Å². The Morgan fingerprint density at radius 2 is 0.854 bits per heavy atom. The Labute approximate surface area is 270 Å². The Morgan fingerprint density at radius 1 is 0.537 bits per heavy atom. The smallest absolute Gasteiger partial charge is 0.466 e. The Bertz CT molecular complexity index is 1210. The van der Waals surface area contributed by atoms with Crippen LogP contribution in [0.25, 0.3) is 33.1 Å². The number of pyridine rings is 2. The van der Waals surface area contributed by atoms with Crippen LogP contribution in [-0.2, 0) is 26.2 Å². The molecule has 4 nitrogen and oxygen atoms in total. The third kappa shape index (κ3) is 10.9. The maximum atomic E-state index is 4.67. The fraction of sp³-hybridized carbons (Fsp3) is 0.333. The molecular weight excluding hydrogens is 580 g/mol. The van der Waals surface area contributed by atoms with E-state index in [-0.39, 0.29) is 41.1 Å². The van der Waals surface area contributed by atoms with Crippen molar-refractivity contribution in [2.24, 2.45) is 0 Å². The molecule has 0 radical (unpaired) electrons. The van der Waals surface area contributed by atoms with Gasteiger partial charge in [0, 0.05) is 0 Å². The van der Waals surface area contributed by atoms with Gasteiger partial charge >= 0.3 is 26.2 Å². The first kappa shape index (κ1) is 38.2. The molecule has 0 aliphatic heterocycles. The SMILES string of the molecule is CCC[N-]c1cccc(-c2c(C)cc(C)cc2C)n1.CCC[N-]c1cccc(-c2c(C)cc(C)cc2C)n1.[CH3-].[CH3-].[Zr+4]. The Morgan fingerprint density at radius 3 is 1.15 bits per heavy atom. The Hall–Kier alpha value is -2.78. The molecule has 0 N–H and O–H groups in total. The zero-order chi connectivity index (χ0) is 27.7. The number of rotatable bonds is 8. The molecule has 0 atom stereocenters. The van der Waals surface area contributed by atoms with E-state index in [2.05, 4.69) is 112 Å². The molecule has 0 fully saturated rings. The van der Waals surface area contributed by atoms with Crippen LogP contribution < -0.4 is 0 Å². The number of aromatic nitrogens is 2. The molecular formula is C36H48N4Zr. The van der Waals surface area contributed by atoms with Crippen LogP contribution in [0.5, 0.6) is 0 Å². The van der Waals surface area contributed by atoms with Crippen molar-refractivity contribution in [1.82, 2.24) is 9.97 Å². The molecule has 0 saturated heterocycles. The molecule has 2 aromatic heterocycles. The molecule has 4 aromatic rings. The van der Waals surface area contributed by atoms with Crippen LogP contribution in [-0.4, -0.2) is 23.1 Å². The quantitative estimate of drug-likeness (QED) is 0.182. The van der Waals surface area contributed by atoms with E-state index in [4.69, 9.17) is 0 Å². The van der Waals surface area contributed by atoms with E-state index < -0.39 is 0 Å². The molecule has 2 aromatic carbocycles. The standard InChI is InChI=1S/2C17H21N2.2CH3.Zr/c2*1-5-9-18-16-8-6-7-15(19-16)17-13(3)10-12(2)11-14(17)4;;;/h2*6-8,10-11H,5,9H2,1-4H3;2*1H3;/q4*-1;+4. The summed E-state index contributed by atoms with van der Waals surface area (Å²) in [5, 5.41) is 8.95. The van der Waals surface area contributed by atoms with Crippen molar-refractivity contribution in [2.45, 2.75) is 68.2 Å². The molecule has 4 rings (SSSR count). The van der Waals surface area contributed by atoms with Crippen LogP contribution in [0.3, 0.4) is 0 Å². The van der Waals surface area contributed by atoms with Crippen molar-refractivity contribution >= 4 is 11.6 Å². The minimum atomic E-state index is 0. The summed E-state index contributed by atoms with van der Waals surface area (Å²) in [4.78, 5) is 9.33. The van der Waals surface area contributed by atoms with Gasteiger partial charge in [-0.15, -0.1) is 0 Å². The fourth-order valence-corrected chi connectivity index (χ4v) is 4.92. The van der Waals surface area contributed by atoms with Crippen molar-refractivity contribution < 1.29 is 26.2 Å². The van der Waals surface area contributed by atoms with Gasteiger partial charge in [-0.3, -0.25) is 0 Å². The van der Waals surface area contributed by atoms with E-state index in [9.17, 15) is 0 Å². The maximum Gasteiger partial charge on any atom is 4.00 e. The minimum absolute atomic E-state index is 0. The summed E-state index contributed by atoms with van der Waals surface area (Å²) < 4.78 is 0. The first-order valence-electron chi connectivity index (χ1n) is 13.7. The second kappa shape index (κ2) is 18.6. The second-order valence-corrected chi connectivity index (χ2v) is 10.1. The van der Waals surface area contributed by atoms with Crippen LogP contribution in [0.4, 0.5) is 11.6 Å². The monoisotopic (exact) mass is 626 g/mol. The van der Waals surface area contributed by atoms with Gasteiger partial charge in [-0.1, -0.05) is 123 Å². The largest absolute Gasteiger partial charge is 4.00 e. The average Bonchev–Trinajstić information content (AvgIpc) is 2.86. The summed E-state index contributed by atoms with van der Waals surface area (Å²) in [6.45, 7) is 18.8. The Kier molecular flexibility index (Phi) is 17.4. The molecule has 0 spiro atoms. The van der Waals surface area contributed by atoms with Crippen molar-refractivity contribution in [3.63, 3.8) is 0 Å². The zero-order valence-electron chi connectivity index (χ0n) is 26.9. The van der Waals surface area contributed by atoms with Crippen LogP contribution in [0, 0.1) is 56.4 Å². The van der Waals surface area contributed by atoms with Crippen LogP contribution in [0.1, 0.15) is 60.1 Å². The summed E-state index contributed by atoms with van der Waals surface area (Å²) >= 11 is 0. The molecule has 0 aliphatic carbocycles. The van der Waals surface area contributed by atoms with Crippen LogP contribution >= 0.6 is 0 Å². The van der Waals surface area contributed by atoms with Crippen LogP contribution in [0.2, 0.25) is 0 Å². The molecule has 41 heavy (non-hydrogen) atoms. The van der Waals surface area contributed by atoms with Crippen molar-refractivity contribution in [2.75, 3.05) is 13.1 Å². The minimum Gasteiger partial charge on any atom is -0.466 e. The normalized spacial score (nSPS) is 9.76. The number of nitrogens with zero attached hydrogens (tertiary/aromatic N) is 4. The molecule has 0 aliphatic rings. The van der Waals surface area contributed by atoms with E-state index in [1.54, 1.807) is 0 Å². The van der Waals surface area contributed by atoms with Gasteiger partial charge in [-0.2, -0.15) is 0 Å². The van der Waals surface area contributed by atoms with Gasteiger partial charge in [0.1, 0.15) is 0 Å². The van der Waals surface area contributed by atoms with E-state index in [0.29, 0.717) is 0 Å². The summed E-state index contributed by atoms with van der Waals surface area (Å²) in [7, 11) is 0. The predicted molar refractivity (Wildman–Crippen MR) is 177 cm³/mol. The van der Waals surface area contributed by atoms with Gasteiger partial charge in [-0.05, 0) is 86.3 Å². The van der Waals surface area contributed by atoms with Gasteiger partial charge in [0.2, 0.25) is 0 Å². The van der Waals surface area contributed by atoms with Gasteiger partial charge in [0.15, 0.2) is 0 Å². The first-order chi connectivity index (χ1) is 18.2. The van der Waals surface area contributed by atoms with Gasteiger partial charge in [0.25, 0.3) is 0 Å². The van der Waals surface area contributed by atoms with Gasteiger partial charge in [-0.25, -0.2) is 0 Å². The van der Waals surface area contributed by atoms with Gasteiger partial charge in [0.05, 0.1) is 0 Å². The van der Waals surface area contributed by atoms with Gasteiger partial charge < -0.3 is 35.5 Å². The summed E-state index contributed by atoms with van der Waals surface area (Å²) in [5.41, 5.74) is 12.2. The van der Waals surface area contributed by atoms with Crippen molar-refractivity contribution in [1.29, 1.82) is 0 Å². The zero-order valence-corrected chi connectivity index (χ0v) is 29.3. The first-order valence-corrected chi connectivity index (χ1v) is 13.7. The van der Waals surface area contributed by atoms with E-state index in [0.717, 1.165) is 49.0 Å². The predicted octanol–water partition coefficient (Wildman–Crippen LogP) is 11.1. The summed E-state index contributed by atoms with van der Waals surface area (Å²) in [6.07, 6.45) is 2.10. The number of hydrogen-bond donors (Lipinski definition) is 0. The number of aryl methyl sites for hydroxylation is 6. The fourth-order valence-electron chi connectivity index (χ4n) is 4.92. The van der Waals surface area contributed by atoms with Crippen molar-refractivity contribution in [3.05, 3.63) is 120 Å². The van der Waals surface area contributed by atoms with Crippen LogP contribution in [0.15, 0.2) is 60.7 Å². The topological polar surface area (TPSA) is 54.0 Å².